The van der Waals surface area contributed by atoms with Crippen LogP contribution in [0.3, 0.4) is 0 Å². The van der Waals surface area contributed by atoms with Gasteiger partial charge in [-0.05, 0) is 18.9 Å². The summed E-state index contributed by atoms with van der Waals surface area (Å²) in [5, 5.41) is 9.44. The molecule has 3 rings (SSSR count). The number of rotatable bonds is 5. The summed E-state index contributed by atoms with van der Waals surface area (Å²) in [6.07, 6.45) is 8.66. The van der Waals surface area contributed by atoms with Crippen LogP contribution in [-0.4, -0.2) is 15.8 Å². The zero-order chi connectivity index (χ0) is 12.4. The molecule has 0 aliphatic heterocycles. The van der Waals surface area contributed by atoms with Gasteiger partial charge in [-0.25, -0.2) is 0 Å². The maximum atomic E-state index is 5.33. The van der Waals surface area contributed by atoms with Crippen molar-refractivity contribution < 1.29 is 0 Å². The largest absolute Gasteiger partial charge is 0.308 e. The van der Waals surface area contributed by atoms with Crippen LogP contribution in [0.4, 0.5) is 0 Å². The summed E-state index contributed by atoms with van der Waals surface area (Å²) in [5.74, 6) is 2.67. The maximum absolute atomic E-state index is 5.33. The molecule has 1 saturated carbocycles. The number of benzene rings is 1. The molecule has 1 heterocycles. The van der Waals surface area contributed by atoms with Crippen molar-refractivity contribution in [3.05, 3.63) is 30.0 Å². The van der Waals surface area contributed by atoms with Crippen molar-refractivity contribution >= 4 is 10.9 Å². The number of fused-ring (bicyclic) bond motifs is 1. The lowest BCUT2D eigenvalue weighted by Crippen LogP contribution is -2.16. The first kappa shape index (κ1) is 11.3. The molecule has 0 saturated heterocycles. The number of aryl methyl sites for hydroxylation is 1. The van der Waals surface area contributed by atoms with Gasteiger partial charge >= 0.3 is 0 Å². The van der Waals surface area contributed by atoms with Crippen molar-refractivity contribution in [2.24, 2.45) is 0 Å². The van der Waals surface area contributed by atoms with Gasteiger partial charge in [-0.3, -0.25) is 4.68 Å². The predicted molar refractivity (Wildman–Crippen MR) is 73.0 cm³/mol. The number of nitrogens with one attached hydrogen (secondary N) is 1. The normalized spacial score (nSPS) is 14.8. The second kappa shape index (κ2) is 4.83. The Morgan fingerprint density at radius 3 is 3.00 bits per heavy atom. The first-order chi connectivity index (χ1) is 8.88. The Hall–Kier alpha value is -1.79. The Bertz CT molecular complexity index is 587. The predicted octanol–water partition coefficient (Wildman–Crippen LogP) is 2.31. The molecule has 0 bridgehead atoms. The van der Waals surface area contributed by atoms with Gasteiger partial charge in [0.05, 0.1) is 17.8 Å². The number of hydrogen-bond acceptors (Lipinski definition) is 2. The molecule has 0 unspecified atom stereocenters. The number of para-hydroxylation sites is 1. The molecule has 0 spiro atoms. The van der Waals surface area contributed by atoms with Crippen LogP contribution in [-0.2, 0) is 13.1 Å². The third-order valence-electron chi connectivity index (χ3n) is 3.34. The number of terminal acetylenes is 1. The Kier molecular flexibility index (Phi) is 3.04. The molecule has 0 amide bonds. The summed E-state index contributed by atoms with van der Waals surface area (Å²) < 4.78 is 2.03. The highest BCUT2D eigenvalue weighted by Gasteiger charge is 2.21. The highest BCUT2D eigenvalue weighted by Crippen LogP contribution is 2.22. The summed E-state index contributed by atoms with van der Waals surface area (Å²) >= 11 is 0. The quantitative estimate of drug-likeness (QED) is 0.811. The SMILES string of the molecule is C#CCCn1nc(CNC2CC2)c2ccccc21. The van der Waals surface area contributed by atoms with E-state index in [9.17, 15) is 0 Å². The van der Waals surface area contributed by atoms with Crippen LogP contribution < -0.4 is 5.32 Å². The fourth-order valence-electron chi connectivity index (χ4n) is 2.20. The molecular weight excluding hydrogens is 222 g/mol. The van der Waals surface area contributed by atoms with Crippen molar-refractivity contribution in [3.63, 3.8) is 0 Å². The van der Waals surface area contributed by atoms with Crippen molar-refractivity contribution in [2.75, 3.05) is 0 Å². The van der Waals surface area contributed by atoms with E-state index >= 15 is 0 Å². The zero-order valence-corrected chi connectivity index (χ0v) is 10.4. The molecule has 1 aromatic heterocycles. The minimum Gasteiger partial charge on any atom is -0.308 e. The molecule has 0 radical (unpaired) electrons. The molecule has 1 aliphatic rings. The monoisotopic (exact) mass is 239 g/mol. The molecule has 18 heavy (non-hydrogen) atoms. The van der Waals surface area contributed by atoms with E-state index in [4.69, 9.17) is 6.42 Å². The van der Waals surface area contributed by atoms with E-state index in [0.717, 1.165) is 25.2 Å². The van der Waals surface area contributed by atoms with Crippen molar-refractivity contribution in [1.29, 1.82) is 0 Å². The minimum atomic E-state index is 0.708. The molecule has 1 aliphatic carbocycles. The number of nitrogens with zero attached hydrogens (tertiary/aromatic N) is 2. The Morgan fingerprint density at radius 2 is 2.22 bits per heavy atom. The van der Waals surface area contributed by atoms with Gasteiger partial charge < -0.3 is 5.32 Å². The van der Waals surface area contributed by atoms with Crippen molar-refractivity contribution in [3.8, 4) is 12.3 Å². The first-order valence-corrected chi connectivity index (χ1v) is 6.50. The van der Waals surface area contributed by atoms with Crippen LogP contribution in [0.1, 0.15) is 25.0 Å². The average molecular weight is 239 g/mol. The lowest BCUT2D eigenvalue weighted by Gasteiger charge is -1.99. The van der Waals surface area contributed by atoms with Gasteiger partial charge in [0.2, 0.25) is 0 Å². The lowest BCUT2D eigenvalue weighted by atomic mass is 10.2. The molecule has 1 N–H and O–H groups in total. The van der Waals surface area contributed by atoms with Crippen LogP contribution in [0.15, 0.2) is 24.3 Å². The van der Waals surface area contributed by atoms with Crippen molar-refractivity contribution in [2.45, 2.75) is 38.4 Å². The minimum absolute atomic E-state index is 0.708. The molecular formula is C15H17N3. The van der Waals surface area contributed by atoms with Gasteiger partial charge in [0.1, 0.15) is 0 Å². The molecule has 3 nitrogen and oxygen atoms in total. The lowest BCUT2D eigenvalue weighted by molar-refractivity contribution is 0.614. The summed E-state index contributed by atoms with van der Waals surface area (Å²) in [7, 11) is 0. The third-order valence-corrected chi connectivity index (χ3v) is 3.34. The van der Waals surface area contributed by atoms with E-state index in [1.807, 2.05) is 4.68 Å². The first-order valence-electron chi connectivity index (χ1n) is 6.50. The van der Waals surface area contributed by atoms with E-state index in [1.165, 1.54) is 23.7 Å². The van der Waals surface area contributed by atoms with E-state index in [2.05, 4.69) is 40.6 Å². The standard InChI is InChI=1S/C15H17N3/c1-2-3-10-18-15-7-5-4-6-13(15)14(17-18)11-16-12-8-9-12/h1,4-7,12,16H,3,8-11H2. The number of aromatic nitrogens is 2. The Morgan fingerprint density at radius 1 is 1.39 bits per heavy atom. The summed E-state index contributed by atoms with van der Waals surface area (Å²) in [6.45, 7) is 1.65. The summed E-state index contributed by atoms with van der Waals surface area (Å²) in [4.78, 5) is 0. The molecule has 1 aromatic carbocycles. The molecule has 3 heteroatoms. The van der Waals surface area contributed by atoms with E-state index < -0.39 is 0 Å². The topological polar surface area (TPSA) is 29.9 Å². The van der Waals surface area contributed by atoms with Gasteiger partial charge in [0, 0.05) is 24.4 Å². The third kappa shape index (κ3) is 2.25. The van der Waals surface area contributed by atoms with E-state index in [1.54, 1.807) is 0 Å². The van der Waals surface area contributed by atoms with E-state index in [0.29, 0.717) is 6.04 Å². The molecule has 1 fully saturated rings. The van der Waals surface area contributed by atoms with Crippen LogP contribution in [0.25, 0.3) is 10.9 Å². The second-order valence-corrected chi connectivity index (χ2v) is 4.80. The van der Waals surface area contributed by atoms with Gasteiger partial charge in [0.25, 0.3) is 0 Å². The summed E-state index contributed by atoms with van der Waals surface area (Å²) in [5.41, 5.74) is 2.31. The Balaban J connectivity index is 1.89. The van der Waals surface area contributed by atoms with Crippen molar-refractivity contribution in [1.82, 2.24) is 15.1 Å². The van der Waals surface area contributed by atoms with Gasteiger partial charge in [-0.1, -0.05) is 18.2 Å². The molecule has 2 aromatic rings. The van der Waals surface area contributed by atoms with E-state index in [-0.39, 0.29) is 0 Å². The maximum Gasteiger partial charge on any atom is 0.0841 e. The zero-order valence-electron chi connectivity index (χ0n) is 10.4. The summed E-state index contributed by atoms with van der Waals surface area (Å²) in [6, 6.07) is 9.07. The second-order valence-electron chi connectivity index (χ2n) is 4.80. The fourth-order valence-corrected chi connectivity index (χ4v) is 2.20. The van der Waals surface area contributed by atoms with Crippen LogP contribution >= 0.6 is 0 Å². The van der Waals surface area contributed by atoms with Gasteiger partial charge in [0.15, 0.2) is 0 Å². The van der Waals surface area contributed by atoms with Crippen LogP contribution in [0, 0.1) is 12.3 Å². The fraction of sp³-hybridized carbons (Fsp3) is 0.400. The van der Waals surface area contributed by atoms with Crippen LogP contribution in [0.5, 0.6) is 0 Å². The van der Waals surface area contributed by atoms with Gasteiger partial charge in [-0.2, -0.15) is 5.10 Å². The highest BCUT2D eigenvalue weighted by atomic mass is 15.3. The van der Waals surface area contributed by atoms with Gasteiger partial charge in [-0.15, -0.1) is 12.3 Å². The molecule has 0 atom stereocenters. The smallest absolute Gasteiger partial charge is 0.0841 e. The van der Waals surface area contributed by atoms with Crippen LogP contribution in [0.2, 0.25) is 0 Å². The Labute approximate surface area is 107 Å². The number of hydrogen-bond donors (Lipinski definition) is 1. The average Bonchev–Trinajstić information content (AvgIpc) is 3.17. The molecule has 92 valence electrons. The highest BCUT2D eigenvalue weighted by molar-refractivity contribution is 5.81.